The second-order valence-corrected chi connectivity index (χ2v) is 6.18. The van der Waals surface area contributed by atoms with Crippen molar-refractivity contribution < 1.29 is 18.6 Å². The van der Waals surface area contributed by atoms with Crippen LogP contribution in [0.1, 0.15) is 11.0 Å². The summed E-state index contributed by atoms with van der Waals surface area (Å²) in [6.45, 7) is 0.212. The number of hydrogen-bond acceptors (Lipinski definition) is 6. The summed E-state index contributed by atoms with van der Waals surface area (Å²) in [6, 6.07) is 2.75. The van der Waals surface area contributed by atoms with Gasteiger partial charge in [0.05, 0.1) is 6.10 Å². The van der Waals surface area contributed by atoms with Crippen LogP contribution in [0.5, 0.6) is 0 Å². The van der Waals surface area contributed by atoms with Crippen molar-refractivity contribution >= 4 is 21.4 Å². The highest BCUT2D eigenvalue weighted by Gasteiger charge is 2.21. The molecule has 1 rings (SSSR count). The Morgan fingerprint density at radius 1 is 1.50 bits per heavy atom. The van der Waals surface area contributed by atoms with E-state index in [1.165, 1.54) is 12.1 Å². The van der Waals surface area contributed by atoms with Crippen LogP contribution in [0.15, 0.2) is 16.3 Å². The van der Waals surface area contributed by atoms with Gasteiger partial charge in [0.1, 0.15) is 10.3 Å². The molecule has 0 saturated heterocycles. The number of aliphatic hydroxyl groups is 2. The normalized spacial score (nSPS) is 16.0. The quantitative estimate of drug-likeness (QED) is 0.546. The second kappa shape index (κ2) is 5.21. The van der Waals surface area contributed by atoms with Gasteiger partial charge in [-0.3, -0.25) is 0 Å². The molecular formula is C8H14N2O4S2. The number of primary sulfonamides is 1. The molecule has 0 aliphatic rings. The number of aliphatic hydroxyl groups excluding tert-OH is 2. The average molecular weight is 266 g/mol. The third-order valence-electron chi connectivity index (χ3n) is 1.95. The number of nitrogens with two attached hydrogens (primary N) is 1. The Balaban J connectivity index is 2.86. The van der Waals surface area contributed by atoms with Crippen LogP contribution in [0.4, 0.5) is 0 Å². The monoisotopic (exact) mass is 266 g/mol. The molecule has 92 valence electrons. The smallest absolute Gasteiger partial charge is 0.247 e. The number of nitrogens with one attached hydrogen (secondary N) is 1. The number of rotatable bonds is 5. The molecule has 0 spiro atoms. The molecule has 16 heavy (non-hydrogen) atoms. The van der Waals surface area contributed by atoms with Crippen molar-refractivity contribution in [2.24, 2.45) is 5.14 Å². The van der Waals surface area contributed by atoms with E-state index in [2.05, 4.69) is 5.32 Å². The molecule has 1 aromatic heterocycles. The number of hydrogen-bond donors (Lipinski definition) is 4. The molecule has 1 heterocycles. The summed E-state index contributed by atoms with van der Waals surface area (Å²) in [6.07, 6.45) is -2.11. The molecule has 0 radical (unpaired) electrons. The topological polar surface area (TPSA) is 113 Å². The Kier molecular flexibility index (Phi) is 4.42. The van der Waals surface area contributed by atoms with Crippen molar-refractivity contribution in [3.05, 3.63) is 17.0 Å². The maximum atomic E-state index is 11.0. The van der Waals surface area contributed by atoms with Gasteiger partial charge in [0.25, 0.3) is 0 Å². The first-order chi connectivity index (χ1) is 7.36. The highest BCUT2D eigenvalue weighted by molar-refractivity contribution is 7.91. The summed E-state index contributed by atoms with van der Waals surface area (Å²) in [7, 11) is -2.10. The van der Waals surface area contributed by atoms with Gasteiger partial charge in [-0.1, -0.05) is 0 Å². The molecule has 0 saturated carbocycles. The van der Waals surface area contributed by atoms with Crippen LogP contribution in [0, 0.1) is 0 Å². The molecule has 0 aromatic carbocycles. The number of likely N-dealkylation sites (N-methyl/N-ethyl adjacent to an activating group) is 1. The molecular weight excluding hydrogens is 252 g/mol. The standard InChI is InChI=1S/C8H14N2O4S2/c1-10-4-5(11)8(12)6-2-3-7(15-6)16(9,13)14/h2-3,5,8,10-12H,4H2,1H3,(H2,9,13,14). The molecule has 2 unspecified atom stereocenters. The van der Waals surface area contributed by atoms with Crippen molar-refractivity contribution in [1.29, 1.82) is 0 Å². The van der Waals surface area contributed by atoms with Crippen molar-refractivity contribution in [2.75, 3.05) is 13.6 Å². The van der Waals surface area contributed by atoms with E-state index in [4.69, 9.17) is 5.14 Å². The SMILES string of the molecule is CNCC(O)C(O)c1ccc(S(N)(=O)=O)s1. The van der Waals surface area contributed by atoms with Gasteiger partial charge in [-0.15, -0.1) is 11.3 Å². The summed E-state index contributed by atoms with van der Waals surface area (Å²) < 4.78 is 22.0. The van der Waals surface area contributed by atoms with Crippen LogP contribution in [-0.4, -0.2) is 38.3 Å². The highest BCUT2D eigenvalue weighted by atomic mass is 32.2. The van der Waals surface area contributed by atoms with Crippen molar-refractivity contribution in [2.45, 2.75) is 16.4 Å². The van der Waals surface area contributed by atoms with E-state index >= 15 is 0 Å². The van der Waals surface area contributed by atoms with Gasteiger partial charge in [0, 0.05) is 11.4 Å². The molecule has 0 aliphatic carbocycles. The minimum absolute atomic E-state index is 0.0294. The average Bonchev–Trinajstić information content (AvgIpc) is 2.65. The number of thiophene rings is 1. The fourth-order valence-electron chi connectivity index (χ4n) is 1.16. The van der Waals surface area contributed by atoms with E-state index in [-0.39, 0.29) is 10.8 Å². The Bertz CT molecular complexity index is 443. The zero-order chi connectivity index (χ0) is 12.3. The lowest BCUT2D eigenvalue weighted by molar-refractivity contribution is 0.0224. The van der Waals surface area contributed by atoms with E-state index in [1.54, 1.807) is 7.05 Å². The zero-order valence-corrected chi connectivity index (χ0v) is 10.3. The molecule has 0 fully saturated rings. The van der Waals surface area contributed by atoms with Crippen LogP contribution in [-0.2, 0) is 10.0 Å². The minimum atomic E-state index is -3.74. The van der Waals surface area contributed by atoms with Gasteiger partial charge < -0.3 is 15.5 Å². The van der Waals surface area contributed by atoms with Crippen molar-refractivity contribution in [1.82, 2.24) is 5.32 Å². The zero-order valence-electron chi connectivity index (χ0n) is 8.62. The van der Waals surface area contributed by atoms with E-state index in [9.17, 15) is 18.6 Å². The lowest BCUT2D eigenvalue weighted by atomic mass is 10.2. The van der Waals surface area contributed by atoms with Gasteiger partial charge >= 0.3 is 0 Å². The lowest BCUT2D eigenvalue weighted by Crippen LogP contribution is -2.29. The molecule has 5 N–H and O–H groups in total. The third kappa shape index (κ3) is 3.24. The molecule has 1 aromatic rings. The van der Waals surface area contributed by atoms with Gasteiger partial charge in [-0.05, 0) is 19.2 Å². The lowest BCUT2D eigenvalue weighted by Gasteiger charge is -2.15. The predicted octanol–water partition coefficient (Wildman–Crippen LogP) is -0.991. The van der Waals surface area contributed by atoms with Crippen LogP contribution in [0.2, 0.25) is 0 Å². The maximum absolute atomic E-state index is 11.0. The van der Waals surface area contributed by atoms with Gasteiger partial charge in [-0.2, -0.15) is 0 Å². The largest absolute Gasteiger partial charge is 0.389 e. The van der Waals surface area contributed by atoms with Gasteiger partial charge in [0.2, 0.25) is 10.0 Å². The summed E-state index contributed by atoms with van der Waals surface area (Å²) in [5.41, 5.74) is 0. The van der Waals surface area contributed by atoms with Gasteiger partial charge in [-0.25, -0.2) is 13.6 Å². The molecule has 8 heteroatoms. The molecule has 2 atom stereocenters. The summed E-state index contributed by atoms with van der Waals surface area (Å²) in [4.78, 5) is 0.367. The molecule has 0 aliphatic heterocycles. The van der Waals surface area contributed by atoms with Crippen LogP contribution < -0.4 is 10.5 Å². The van der Waals surface area contributed by atoms with E-state index in [0.29, 0.717) is 4.88 Å². The first-order valence-corrected chi connectivity index (χ1v) is 6.86. The maximum Gasteiger partial charge on any atom is 0.247 e. The van der Waals surface area contributed by atoms with Crippen LogP contribution in [0.3, 0.4) is 0 Å². The van der Waals surface area contributed by atoms with Crippen molar-refractivity contribution in [3.8, 4) is 0 Å². The molecule has 0 bridgehead atoms. The molecule has 0 amide bonds. The summed E-state index contributed by atoms with van der Waals surface area (Å²) in [5, 5.41) is 26.8. The summed E-state index contributed by atoms with van der Waals surface area (Å²) >= 11 is 0.851. The first kappa shape index (κ1) is 13.6. The van der Waals surface area contributed by atoms with E-state index in [0.717, 1.165) is 11.3 Å². The highest BCUT2D eigenvalue weighted by Crippen LogP contribution is 2.27. The van der Waals surface area contributed by atoms with Gasteiger partial charge in [0.15, 0.2) is 0 Å². The third-order valence-corrected chi connectivity index (χ3v) is 4.55. The van der Waals surface area contributed by atoms with E-state index < -0.39 is 22.2 Å². The van der Waals surface area contributed by atoms with Crippen LogP contribution >= 0.6 is 11.3 Å². The van der Waals surface area contributed by atoms with E-state index in [1.807, 2.05) is 0 Å². The Hall–Kier alpha value is -0.510. The second-order valence-electron chi connectivity index (χ2n) is 3.27. The predicted molar refractivity (Wildman–Crippen MR) is 60.6 cm³/mol. The fourth-order valence-corrected chi connectivity index (χ4v) is 2.95. The Labute approximate surface area is 97.8 Å². The van der Waals surface area contributed by atoms with Crippen LogP contribution in [0.25, 0.3) is 0 Å². The first-order valence-electron chi connectivity index (χ1n) is 4.49. The fraction of sp³-hybridized carbons (Fsp3) is 0.500. The number of sulfonamides is 1. The summed E-state index contributed by atoms with van der Waals surface area (Å²) in [5.74, 6) is 0. The minimum Gasteiger partial charge on any atom is -0.389 e. The molecule has 6 nitrogen and oxygen atoms in total. The Morgan fingerprint density at radius 3 is 2.56 bits per heavy atom. The Morgan fingerprint density at radius 2 is 2.12 bits per heavy atom. The van der Waals surface area contributed by atoms with Crippen molar-refractivity contribution in [3.63, 3.8) is 0 Å².